The standard InChI is InChI=1S/C16H25N3O/c17-14-6-4-13(5-7-14)16(20)12-18-9-10-19-8-2-1-3-15(19)11-18/h4-7,15-16,20H,1-3,8-12,17H2. The van der Waals surface area contributed by atoms with Gasteiger partial charge in [0.1, 0.15) is 0 Å². The summed E-state index contributed by atoms with van der Waals surface area (Å²) >= 11 is 0. The molecule has 3 rings (SSSR count). The lowest BCUT2D eigenvalue weighted by atomic mass is 9.99. The van der Waals surface area contributed by atoms with Crippen LogP contribution in [0.1, 0.15) is 30.9 Å². The molecule has 0 saturated carbocycles. The number of piperazine rings is 1. The first-order chi connectivity index (χ1) is 9.72. The molecule has 110 valence electrons. The minimum atomic E-state index is -0.411. The van der Waals surface area contributed by atoms with Gasteiger partial charge in [0, 0.05) is 37.9 Å². The van der Waals surface area contributed by atoms with Crippen molar-refractivity contribution in [2.45, 2.75) is 31.4 Å². The van der Waals surface area contributed by atoms with Crippen molar-refractivity contribution in [1.82, 2.24) is 9.80 Å². The fourth-order valence-corrected chi connectivity index (χ4v) is 3.45. The predicted molar refractivity (Wildman–Crippen MR) is 81.5 cm³/mol. The van der Waals surface area contributed by atoms with E-state index in [1.807, 2.05) is 24.3 Å². The molecule has 2 fully saturated rings. The maximum Gasteiger partial charge on any atom is 0.0916 e. The summed E-state index contributed by atoms with van der Waals surface area (Å²) in [5.74, 6) is 0. The first-order valence-corrected chi connectivity index (χ1v) is 7.72. The largest absolute Gasteiger partial charge is 0.399 e. The highest BCUT2D eigenvalue weighted by Gasteiger charge is 2.29. The van der Waals surface area contributed by atoms with Gasteiger partial charge in [-0.25, -0.2) is 0 Å². The third-order valence-electron chi connectivity index (χ3n) is 4.67. The van der Waals surface area contributed by atoms with Gasteiger partial charge in [-0.15, -0.1) is 0 Å². The molecule has 0 spiro atoms. The third-order valence-corrected chi connectivity index (χ3v) is 4.67. The zero-order chi connectivity index (χ0) is 13.9. The molecule has 2 saturated heterocycles. The van der Waals surface area contributed by atoms with E-state index >= 15 is 0 Å². The molecule has 2 unspecified atom stereocenters. The van der Waals surface area contributed by atoms with Gasteiger partial charge in [0.15, 0.2) is 0 Å². The molecule has 4 heteroatoms. The van der Waals surface area contributed by atoms with Crippen LogP contribution < -0.4 is 5.73 Å². The smallest absolute Gasteiger partial charge is 0.0916 e. The van der Waals surface area contributed by atoms with E-state index in [0.717, 1.165) is 37.4 Å². The lowest BCUT2D eigenvalue weighted by Crippen LogP contribution is -2.55. The molecule has 0 aromatic heterocycles. The molecule has 0 radical (unpaired) electrons. The van der Waals surface area contributed by atoms with Crippen molar-refractivity contribution in [2.75, 3.05) is 38.5 Å². The fourth-order valence-electron chi connectivity index (χ4n) is 3.45. The molecule has 0 aliphatic carbocycles. The molecule has 0 bridgehead atoms. The van der Waals surface area contributed by atoms with E-state index < -0.39 is 6.10 Å². The molecule has 3 N–H and O–H groups in total. The highest BCUT2D eigenvalue weighted by molar-refractivity contribution is 5.39. The second-order valence-electron chi connectivity index (χ2n) is 6.13. The Morgan fingerprint density at radius 1 is 1.15 bits per heavy atom. The van der Waals surface area contributed by atoms with Crippen molar-refractivity contribution in [3.05, 3.63) is 29.8 Å². The number of aliphatic hydroxyl groups is 1. The van der Waals surface area contributed by atoms with E-state index in [2.05, 4.69) is 9.80 Å². The minimum Gasteiger partial charge on any atom is -0.399 e. The van der Waals surface area contributed by atoms with Gasteiger partial charge in [-0.3, -0.25) is 9.80 Å². The monoisotopic (exact) mass is 275 g/mol. The molecule has 4 nitrogen and oxygen atoms in total. The third kappa shape index (κ3) is 3.14. The van der Waals surface area contributed by atoms with Crippen LogP contribution in [0, 0.1) is 0 Å². The molecule has 2 heterocycles. The summed E-state index contributed by atoms with van der Waals surface area (Å²) in [6, 6.07) is 8.28. The average molecular weight is 275 g/mol. The number of rotatable bonds is 3. The Bertz CT molecular complexity index is 434. The molecule has 20 heavy (non-hydrogen) atoms. The fraction of sp³-hybridized carbons (Fsp3) is 0.625. The Kier molecular flexibility index (Phi) is 4.24. The Morgan fingerprint density at radius 2 is 1.95 bits per heavy atom. The van der Waals surface area contributed by atoms with Crippen LogP contribution in [0.4, 0.5) is 5.69 Å². The lowest BCUT2D eigenvalue weighted by Gasteiger charge is -2.44. The normalized spacial score (nSPS) is 26.1. The highest BCUT2D eigenvalue weighted by Crippen LogP contribution is 2.23. The summed E-state index contributed by atoms with van der Waals surface area (Å²) in [7, 11) is 0. The maximum atomic E-state index is 10.4. The first kappa shape index (κ1) is 13.9. The topological polar surface area (TPSA) is 52.7 Å². The van der Waals surface area contributed by atoms with Gasteiger partial charge >= 0.3 is 0 Å². The number of nitrogens with zero attached hydrogens (tertiary/aromatic N) is 2. The number of fused-ring (bicyclic) bond motifs is 1. The number of benzene rings is 1. The average Bonchev–Trinajstić information content (AvgIpc) is 2.48. The van der Waals surface area contributed by atoms with Crippen LogP contribution in [0.25, 0.3) is 0 Å². The Balaban J connectivity index is 1.56. The van der Waals surface area contributed by atoms with E-state index in [9.17, 15) is 5.11 Å². The molecule has 1 aromatic rings. The van der Waals surface area contributed by atoms with Crippen molar-refractivity contribution in [1.29, 1.82) is 0 Å². The maximum absolute atomic E-state index is 10.4. The summed E-state index contributed by atoms with van der Waals surface area (Å²) in [5.41, 5.74) is 7.40. The molecular formula is C16H25N3O. The van der Waals surface area contributed by atoms with E-state index in [4.69, 9.17) is 5.73 Å². The molecule has 2 aliphatic rings. The number of β-amino-alcohol motifs (C(OH)–C–C–N with tert-alkyl or cyclic N) is 1. The molecule has 2 aliphatic heterocycles. The second kappa shape index (κ2) is 6.12. The molecule has 1 aromatic carbocycles. The summed E-state index contributed by atoms with van der Waals surface area (Å²) in [5, 5.41) is 10.4. The Labute approximate surface area is 121 Å². The zero-order valence-corrected chi connectivity index (χ0v) is 12.0. The summed E-state index contributed by atoms with van der Waals surface area (Å²) in [6.45, 7) is 5.32. The Morgan fingerprint density at radius 3 is 2.75 bits per heavy atom. The quantitative estimate of drug-likeness (QED) is 0.820. The number of aliphatic hydroxyl groups excluding tert-OH is 1. The van der Waals surface area contributed by atoms with Gasteiger partial charge in [0.2, 0.25) is 0 Å². The number of hydrogen-bond acceptors (Lipinski definition) is 4. The van der Waals surface area contributed by atoms with Crippen molar-refractivity contribution < 1.29 is 5.11 Å². The number of anilines is 1. The van der Waals surface area contributed by atoms with Crippen LogP contribution in [-0.2, 0) is 0 Å². The van der Waals surface area contributed by atoms with Gasteiger partial charge in [0.05, 0.1) is 6.10 Å². The van der Waals surface area contributed by atoms with Crippen molar-refractivity contribution in [2.24, 2.45) is 0 Å². The van der Waals surface area contributed by atoms with E-state index in [1.165, 1.54) is 25.8 Å². The second-order valence-corrected chi connectivity index (χ2v) is 6.13. The van der Waals surface area contributed by atoms with Gasteiger partial charge in [-0.1, -0.05) is 18.6 Å². The molecular weight excluding hydrogens is 250 g/mol. The van der Waals surface area contributed by atoms with E-state index in [-0.39, 0.29) is 0 Å². The molecule has 2 atom stereocenters. The van der Waals surface area contributed by atoms with Crippen LogP contribution in [0.5, 0.6) is 0 Å². The highest BCUT2D eigenvalue weighted by atomic mass is 16.3. The van der Waals surface area contributed by atoms with Gasteiger partial charge < -0.3 is 10.8 Å². The Hall–Kier alpha value is -1.10. The number of nitrogen functional groups attached to an aromatic ring is 1. The SMILES string of the molecule is Nc1ccc(C(O)CN2CCN3CCCCC3C2)cc1. The summed E-state index contributed by atoms with van der Waals surface area (Å²) in [4.78, 5) is 5.03. The summed E-state index contributed by atoms with van der Waals surface area (Å²) < 4.78 is 0. The summed E-state index contributed by atoms with van der Waals surface area (Å²) in [6.07, 6.45) is 3.61. The van der Waals surface area contributed by atoms with Gasteiger partial charge in [-0.2, -0.15) is 0 Å². The van der Waals surface area contributed by atoms with E-state index in [0.29, 0.717) is 6.04 Å². The van der Waals surface area contributed by atoms with Crippen LogP contribution in [0.3, 0.4) is 0 Å². The minimum absolute atomic E-state index is 0.411. The lowest BCUT2D eigenvalue weighted by molar-refractivity contribution is 0.0234. The zero-order valence-electron chi connectivity index (χ0n) is 12.0. The first-order valence-electron chi connectivity index (χ1n) is 7.72. The van der Waals surface area contributed by atoms with Crippen LogP contribution in [0.2, 0.25) is 0 Å². The number of nitrogens with two attached hydrogens (primary N) is 1. The number of hydrogen-bond donors (Lipinski definition) is 2. The van der Waals surface area contributed by atoms with E-state index in [1.54, 1.807) is 0 Å². The molecule has 0 amide bonds. The number of piperidine rings is 1. The van der Waals surface area contributed by atoms with Crippen molar-refractivity contribution in [3.8, 4) is 0 Å². The van der Waals surface area contributed by atoms with Crippen molar-refractivity contribution in [3.63, 3.8) is 0 Å². The van der Waals surface area contributed by atoms with Crippen LogP contribution >= 0.6 is 0 Å². The van der Waals surface area contributed by atoms with Gasteiger partial charge in [-0.05, 0) is 37.1 Å². The van der Waals surface area contributed by atoms with Crippen LogP contribution in [0.15, 0.2) is 24.3 Å². The van der Waals surface area contributed by atoms with Crippen LogP contribution in [-0.4, -0.2) is 53.7 Å². The van der Waals surface area contributed by atoms with Crippen molar-refractivity contribution >= 4 is 5.69 Å². The predicted octanol–water partition coefficient (Wildman–Crippen LogP) is 1.47. The van der Waals surface area contributed by atoms with Gasteiger partial charge in [0.25, 0.3) is 0 Å².